The highest BCUT2D eigenvalue weighted by molar-refractivity contribution is 4.64. The van der Waals surface area contributed by atoms with Crippen molar-refractivity contribution < 1.29 is 4.84 Å². The van der Waals surface area contributed by atoms with Gasteiger partial charge >= 0.3 is 0 Å². The molecule has 0 atom stereocenters. The third kappa shape index (κ3) is 8.90. The lowest BCUT2D eigenvalue weighted by Gasteiger charge is -2.21. The molecule has 0 saturated heterocycles. The van der Waals surface area contributed by atoms with Crippen LogP contribution in [0.25, 0.3) is 0 Å². The first-order valence-corrected chi connectivity index (χ1v) is 7.98. The van der Waals surface area contributed by atoms with Crippen molar-refractivity contribution in [1.29, 1.82) is 0 Å². The van der Waals surface area contributed by atoms with Crippen molar-refractivity contribution in [2.45, 2.75) is 70.6 Å². The molecule has 0 aromatic heterocycles. The monoisotopic (exact) mass is 256 g/mol. The van der Waals surface area contributed by atoms with Gasteiger partial charge in [0.05, 0.1) is 6.61 Å². The van der Waals surface area contributed by atoms with E-state index in [1.54, 1.807) is 0 Å². The average molecular weight is 256 g/mol. The molecular weight excluding hydrogens is 224 g/mol. The Morgan fingerprint density at radius 1 is 0.889 bits per heavy atom. The number of hydrogen-bond acceptors (Lipinski definition) is 3. The van der Waals surface area contributed by atoms with Crippen LogP contribution in [0.2, 0.25) is 0 Å². The van der Waals surface area contributed by atoms with Crippen LogP contribution in [0, 0.1) is 5.92 Å². The Labute approximate surface area is 113 Å². The SMILES string of the molecule is NCCCCCCCCNOCC1CCCCC1. The van der Waals surface area contributed by atoms with E-state index in [0.29, 0.717) is 0 Å². The van der Waals surface area contributed by atoms with Gasteiger partial charge in [-0.1, -0.05) is 44.9 Å². The van der Waals surface area contributed by atoms with E-state index >= 15 is 0 Å². The zero-order chi connectivity index (χ0) is 12.9. The van der Waals surface area contributed by atoms with Gasteiger partial charge in [-0.05, 0) is 38.1 Å². The zero-order valence-corrected chi connectivity index (χ0v) is 12.0. The molecule has 0 radical (unpaired) electrons. The van der Waals surface area contributed by atoms with E-state index in [4.69, 9.17) is 10.6 Å². The molecule has 3 nitrogen and oxygen atoms in total. The van der Waals surface area contributed by atoms with E-state index in [9.17, 15) is 0 Å². The van der Waals surface area contributed by atoms with E-state index in [-0.39, 0.29) is 0 Å². The summed E-state index contributed by atoms with van der Waals surface area (Å²) in [4.78, 5) is 5.55. The molecular formula is C15H32N2O. The lowest BCUT2D eigenvalue weighted by Crippen LogP contribution is -2.22. The van der Waals surface area contributed by atoms with Crippen molar-refractivity contribution in [3.8, 4) is 0 Å². The Morgan fingerprint density at radius 2 is 1.56 bits per heavy atom. The summed E-state index contributed by atoms with van der Waals surface area (Å²) in [6.07, 6.45) is 14.6. The van der Waals surface area contributed by atoms with Crippen molar-refractivity contribution >= 4 is 0 Å². The Kier molecular flexibility index (Phi) is 10.6. The molecule has 18 heavy (non-hydrogen) atoms. The topological polar surface area (TPSA) is 47.3 Å². The van der Waals surface area contributed by atoms with E-state index in [0.717, 1.165) is 25.6 Å². The van der Waals surface area contributed by atoms with Crippen LogP contribution in [0.5, 0.6) is 0 Å². The van der Waals surface area contributed by atoms with Crippen LogP contribution in [0.4, 0.5) is 0 Å². The van der Waals surface area contributed by atoms with E-state index in [1.807, 2.05) is 0 Å². The normalized spacial score (nSPS) is 17.2. The molecule has 0 spiro atoms. The van der Waals surface area contributed by atoms with Crippen LogP contribution in [0.3, 0.4) is 0 Å². The zero-order valence-electron chi connectivity index (χ0n) is 12.0. The minimum atomic E-state index is 0.808. The van der Waals surface area contributed by atoms with Gasteiger partial charge in [0, 0.05) is 6.54 Å². The molecule has 0 aromatic rings. The van der Waals surface area contributed by atoms with Gasteiger partial charge in [-0.15, -0.1) is 0 Å². The fourth-order valence-electron chi connectivity index (χ4n) is 2.65. The van der Waals surface area contributed by atoms with E-state index in [2.05, 4.69) is 5.48 Å². The Morgan fingerprint density at radius 3 is 2.28 bits per heavy atom. The second kappa shape index (κ2) is 11.9. The maximum atomic E-state index is 5.55. The van der Waals surface area contributed by atoms with Crippen molar-refractivity contribution in [3.05, 3.63) is 0 Å². The maximum Gasteiger partial charge on any atom is 0.0710 e. The first-order chi connectivity index (χ1) is 8.93. The second-order valence-electron chi connectivity index (χ2n) is 5.62. The number of unbranched alkanes of at least 4 members (excludes halogenated alkanes) is 5. The first-order valence-electron chi connectivity index (χ1n) is 7.98. The average Bonchev–Trinajstić information content (AvgIpc) is 2.42. The van der Waals surface area contributed by atoms with Gasteiger partial charge < -0.3 is 10.6 Å². The number of hydroxylamine groups is 1. The predicted molar refractivity (Wildman–Crippen MR) is 77.3 cm³/mol. The molecule has 3 heteroatoms. The number of rotatable bonds is 11. The maximum absolute atomic E-state index is 5.55. The molecule has 0 aromatic carbocycles. The van der Waals surface area contributed by atoms with Gasteiger partial charge in [-0.3, -0.25) is 0 Å². The molecule has 1 aliphatic carbocycles. The largest absolute Gasteiger partial charge is 0.330 e. The molecule has 0 aliphatic heterocycles. The Hall–Kier alpha value is -0.120. The highest BCUT2D eigenvalue weighted by atomic mass is 16.6. The summed E-state index contributed by atoms with van der Waals surface area (Å²) in [6, 6.07) is 0. The summed E-state index contributed by atoms with van der Waals surface area (Å²) in [5, 5.41) is 0. The Bertz CT molecular complexity index is 170. The van der Waals surface area contributed by atoms with Crippen LogP contribution < -0.4 is 11.2 Å². The van der Waals surface area contributed by atoms with Crippen LogP contribution >= 0.6 is 0 Å². The van der Waals surface area contributed by atoms with Gasteiger partial charge in [0.25, 0.3) is 0 Å². The molecule has 3 N–H and O–H groups in total. The number of nitrogens with two attached hydrogens (primary N) is 1. The van der Waals surface area contributed by atoms with E-state index in [1.165, 1.54) is 70.6 Å². The lowest BCUT2D eigenvalue weighted by atomic mass is 9.90. The summed E-state index contributed by atoms with van der Waals surface area (Å²) in [7, 11) is 0. The van der Waals surface area contributed by atoms with Gasteiger partial charge in [-0.25, -0.2) is 5.48 Å². The summed E-state index contributed by atoms with van der Waals surface area (Å²) in [5.41, 5.74) is 8.57. The van der Waals surface area contributed by atoms with Crippen LogP contribution in [-0.2, 0) is 4.84 Å². The van der Waals surface area contributed by atoms with Gasteiger partial charge in [-0.2, -0.15) is 0 Å². The summed E-state index contributed by atoms with van der Waals surface area (Å²) < 4.78 is 0. The second-order valence-corrected chi connectivity index (χ2v) is 5.62. The molecule has 1 saturated carbocycles. The summed E-state index contributed by atoms with van der Waals surface area (Å²) in [5.74, 6) is 0.808. The fraction of sp³-hybridized carbons (Fsp3) is 1.00. The smallest absolute Gasteiger partial charge is 0.0710 e. The van der Waals surface area contributed by atoms with Crippen LogP contribution in [-0.4, -0.2) is 19.7 Å². The minimum absolute atomic E-state index is 0.808. The Balaban J connectivity index is 1.73. The standard InChI is InChI=1S/C15H32N2O/c16-12-8-3-1-2-4-9-13-17-18-14-15-10-6-5-7-11-15/h15,17H,1-14,16H2. The molecule has 1 rings (SSSR count). The minimum Gasteiger partial charge on any atom is -0.330 e. The lowest BCUT2D eigenvalue weighted by molar-refractivity contribution is 0.00861. The molecule has 1 fully saturated rings. The fourth-order valence-corrected chi connectivity index (χ4v) is 2.65. The molecule has 1 aliphatic rings. The highest BCUT2D eigenvalue weighted by Gasteiger charge is 2.12. The number of nitrogens with one attached hydrogen (secondary N) is 1. The molecule has 0 heterocycles. The number of hydrogen-bond donors (Lipinski definition) is 2. The summed E-state index contributed by atoms with van der Waals surface area (Å²) >= 11 is 0. The van der Waals surface area contributed by atoms with Gasteiger partial charge in [0.15, 0.2) is 0 Å². The van der Waals surface area contributed by atoms with Gasteiger partial charge in [0.2, 0.25) is 0 Å². The third-order valence-electron chi connectivity index (χ3n) is 3.88. The van der Waals surface area contributed by atoms with Gasteiger partial charge in [0.1, 0.15) is 0 Å². The van der Waals surface area contributed by atoms with Crippen LogP contribution in [0.1, 0.15) is 70.6 Å². The molecule has 0 bridgehead atoms. The van der Waals surface area contributed by atoms with Crippen LogP contribution in [0.15, 0.2) is 0 Å². The van der Waals surface area contributed by atoms with Crippen molar-refractivity contribution in [2.24, 2.45) is 11.7 Å². The molecule has 0 amide bonds. The van der Waals surface area contributed by atoms with Crippen molar-refractivity contribution in [1.82, 2.24) is 5.48 Å². The first kappa shape index (κ1) is 15.9. The predicted octanol–water partition coefficient (Wildman–Crippen LogP) is 3.39. The molecule has 0 unspecified atom stereocenters. The molecule has 108 valence electrons. The summed E-state index contributed by atoms with van der Waals surface area (Å²) in [6.45, 7) is 2.76. The highest BCUT2D eigenvalue weighted by Crippen LogP contribution is 2.23. The van der Waals surface area contributed by atoms with E-state index < -0.39 is 0 Å². The third-order valence-corrected chi connectivity index (χ3v) is 3.88. The quantitative estimate of drug-likeness (QED) is 0.440. The van der Waals surface area contributed by atoms with Crippen molar-refractivity contribution in [2.75, 3.05) is 19.7 Å². The van der Waals surface area contributed by atoms with Crippen molar-refractivity contribution in [3.63, 3.8) is 0 Å².